The minimum absolute atomic E-state index is 0.288. The zero-order chi connectivity index (χ0) is 25.7. The topological polar surface area (TPSA) is 59.3 Å². The van der Waals surface area contributed by atoms with Crippen molar-refractivity contribution in [1.29, 1.82) is 0 Å². The maximum absolute atomic E-state index is 6.63. The number of ether oxygens (including phenoxy) is 1. The Labute approximate surface area is 229 Å². The van der Waals surface area contributed by atoms with E-state index in [1.165, 1.54) is 32.1 Å². The predicted molar refractivity (Wildman–Crippen MR) is 151 cm³/mol. The second-order valence-corrected chi connectivity index (χ2v) is 12.2. The Kier molecular flexibility index (Phi) is 6.97. The van der Waals surface area contributed by atoms with Crippen molar-refractivity contribution in [3.05, 3.63) is 28.5 Å². The summed E-state index contributed by atoms with van der Waals surface area (Å²) in [5.74, 6) is 3.26. The minimum atomic E-state index is 0.288. The lowest BCUT2D eigenvalue weighted by atomic mass is 9.83. The smallest absolute Gasteiger partial charge is 0.207 e. The molecule has 6 rings (SSSR count). The van der Waals surface area contributed by atoms with Crippen molar-refractivity contribution in [1.82, 2.24) is 19.5 Å². The van der Waals surface area contributed by atoms with Crippen LogP contribution in [-0.4, -0.2) is 58.9 Å². The maximum Gasteiger partial charge on any atom is 0.207 e. The number of hydrogen-bond donors (Lipinski definition) is 0. The van der Waals surface area contributed by atoms with Crippen LogP contribution >= 0.6 is 23.2 Å². The largest absolute Gasteiger partial charge is 0.374 e. The first-order chi connectivity index (χ1) is 17.9. The third-order valence-corrected chi connectivity index (χ3v) is 8.90. The highest BCUT2D eigenvalue weighted by atomic mass is 35.5. The summed E-state index contributed by atoms with van der Waals surface area (Å²) >= 11 is 13.1. The van der Waals surface area contributed by atoms with Gasteiger partial charge in [0.2, 0.25) is 5.95 Å². The van der Waals surface area contributed by atoms with Crippen LogP contribution in [0.5, 0.6) is 0 Å². The Morgan fingerprint density at radius 1 is 1.05 bits per heavy atom. The van der Waals surface area contributed by atoms with Gasteiger partial charge < -0.3 is 19.1 Å². The highest BCUT2D eigenvalue weighted by Crippen LogP contribution is 2.41. The molecule has 0 spiro atoms. The van der Waals surface area contributed by atoms with Gasteiger partial charge in [-0.05, 0) is 50.0 Å². The third kappa shape index (κ3) is 4.79. The average Bonchev–Trinajstić information content (AvgIpc) is 3.49. The molecule has 9 heteroatoms. The molecule has 2 atom stereocenters. The molecule has 1 saturated heterocycles. The van der Waals surface area contributed by atoms with E-state index in [-0.39, 0.29) is 6.10 Å². The molecule has 7 nitrogen and oxygen atoms in total. The molecule has 0 unspecified atom stereocenters. The van der Waals surface area contributed by atoms with Gasteiger partial charge in [0.1, 0.15) is 16.7 Å². The highest BCUT2D eigenvalue weighted by Gasteiger charge is 2.39. The van der Waals surface area contributed by atoms with Gasteiger partial charge in [0, 0.05) is 45.0 Å². The molecule has 3 aliphatic rings. The summed E-state index contributed by atoms with van der Waals surface area (Å²) in [4.78, 5) is 19.3. The lowest BCUT2D eigenvalue weighted by Gasteiger charge is -2.39. The second-order valence-electron chi connectivity index (χ2n) is 11.3. The number of imidazole rings is 1. The highest BCUT2D eigenvalue weighted by molar-refractivity contribution is 6.31. The van der Waals surface area contributed by atoms with E-state index in [2.05, 4.69) is 21.4 Å². The van der Waals surface area contributed by atoms with Gasteiger partial charge >= 0.3 is 0 Å². The number of pyridine rings is 2. The molecular formula is C28H36Cl2N6O. The van der Waals surface area contributed by atoms with Gasteiger partial charge in [-0.1, -0.05) is 43.0 Å². The van der Waals surface area contributed by atoms with E-state index < -0.39 is 0 Å². The van der Waals surface area contributed by atoms with Crippen LogP contribution in [0.1, 0.15) is 51.9 Å². The fourth-order valence-corrected chi connectivity index (χ4v) is 6.95. The Hall–Kier alpha value is -2.09. The number of anilines is 2. The summed E-state index contributed by atoms with van der Waals surface area (Å²) in [7, 11) is 3.97. The lowest BCUT2D eigenvalue weighted by Crippen LogP contribution is -2.49. The van der Waals surface area contributed by atoms with Crippen LogP contribution < -0.4 is 9.80 Å². The first-order valence-electron chi connectivity index (χ1n) is 13.7. The fourth-order valence-electron chi connectivity index (χ4n) is 6.60. The molecule has 3 fully saturated rings. The van der Waals surface area contributed by atoms with Gasteiger partial charge in [-0.15, -0.1) is 0 Å². The second kappa shape index (κ2) is 10.2. The predicted octanol–water partition coefficient (Wildman–Crippen LogP) is 6.45. The van der Waals surface area contributed by atoms with E-state index in [4.69, 9.17) is 37.9 Å². The Bertz CT molecular complexity index is 1290. The standard InChI is InChI=1S/C28H36Cl2N6O/c1-17-7-9-18(10-8-17)16-36-26-21(32-28(36)35-11-12-37-23-6-4-5-22(23)35)14-24(30)33-25(26)20-13-19(29)15-31-27(20)34(2)3/h13-15,17-18,22-23H,4-12,16H2,1-3H3/t17?,18?,22-,23-/m0/s1. The molecule has 3 aromatic rings. The Morgan fingerprint density at radius 3 is 2.65 bits per heavy atom. The fraction of sp³-hybridized carbons (Fsp3) is 0.607. The van der Waals surface area contributed by atoms with Crippen molar-refractivity contribution in [2.24, 2.45) is 11.8 Å². The van der Waals surface area contributed by atoms with Crippen LogP contribution in [0.15, 0.2) is 18.3 Å². The van der Waals surface area contributed by atoms with Crippen molar-refractivity contribution in [2.75, 3.05) is 37.0 Å². The first kappa shape index (κ1) is 25.2. The third-order valence-electron chi connectivity index (χ3n) is 8.50. The van der Waals surface area contributed by atoms with Gasteiger partial charge in [0.15, 0.2) is 0 Å². The minimum Gasteiger partial charge on any atom is -0.374 e. The summed E-state index contributed by atoms with van der Waals surface area (Å²) in [6.45, 7) is 4.89. The zero-order valence-corrected chi connectivity index (χ0v) is 23.5. The van der Waals surface area contributed by atoms with Crippen molar-refractivity contribution in [2.45, 2.75) is 70.6 Å². The molecule has 198 valence electrons. The molecule has 2 saturated carbocycles. The lowest BCUT2D eigenvalue weighted by molar-refractivity contribution is 0.0247. The maximum atomic E-state index is 6.63. The number of aromatic nitrogens is 4. The summed E-state index contributed by atoms with van der Waals surface area (Å²) in [5.41, 5.74) is 3.56. The van der Waals surface area contributed by atoms with Crippen molar-refractivity contribution in [3.8, 4) is 11.3 Å². The first-order valence-corrected chi connectivity index (χ1v) is 14.4. The Morgan fingerprint density at radius 2 is 1.86 bits per heavy atom. The van der Waals surface area contributed by atoms with E-state index in [9.17, 15) is 0 Å². The summed E-state index contributed by atoms with van der Waals surface area (Å²) in [6, 6.07) is 4.22. The molecule has 0 N–H and O–H groups in total. The molecule has 37 heavy (non-hydrogen) atoms. The summed E-state index contributed by atoms with van der Waals surface area (Å²) in [6.07, 6.45) is 10.5. The number of rotatable bonds is 5. The molecule has 4 heterocycles. The van der Waals surface area contributed by atoms with E-state index in [0.717, 1.165) is 72.5 Å². The number of morpholine rings is 1. The molecular weight excluding hydrogens is 507 g/mol. The van der Waals surface area contributed by atoms with Crippen LogP contribution in [0, 0.1) is 11.8 Å². The van der Waals surface area contributed by atoms with E-state index >= 15 is 0 Å². The molecule has 0 amide bonds. The molecule has 2 aliphatic carbocycles. The summed E-state index contributed by atoms with van der Waals surface area (Å²) in [5, 5.41) is 1.00. The summed E-state index contributed by atoms with van der Waals surface area (Å²) < 4.78 is 8.60. The van der Waals surface area contributed by atoms with E-state index in [1.54, 1.807) is 6.20 Å². The van der Waals surface area contributed by atoms with Crippen molar-refractivity contribution < 1.29 is 4.74 Å². The van der Waals surface area contributed by atoms with Crippen molar-refractivity contribution >= 4 is 46.0 Å². The molecule has 0 aromatic carbocycles. The average molecular weight is 544 g/mol. The number of hydrogen-bond acceptors (Lipinski definition) is 6. The van der Waals surface area contributed by atoms with Crippen LogP contribution in [0.2, 0.25) is 10.2 Å². The van der Waals surface area contributed by atoms with Gasteiger partial charge in [0.05, 0.1) is 34.8 Å². The zero-order valence-electron chi connectivity index (χ0n) is 22.0. The van der Waals surface area contributed by atoms with Gasteiger partial charge in [-0.25, -0.2) is 15.0 Å². The number of nitrogens with zero attached hydrogens (tertiary/aromatic N) is 6. The number of halogens is 2. The van der Waals surface area contributed by atoms with E-state index in [0.29, 0.717) is 22.1 Å². The van der Waals surface area contributed by atoms with Gasteiger partial charge in [0.25, 0.3) is 0 Å². The molecule has 3 aromatic heterocycles. The quantitative estimate of drug-likeness (QED) is 0.345. The van der Waals surface area contributed by atoms with E-state index in [1.807, 2.05) is 31.1 Å². The van der Waals surface area contributed by atoms with Crippen LogP contribution in [-0.2, 0) is 11.3 Å². The molecule has 0 radical (unpaired) electrons. The van der Waals surface area contributed by atoms with Crippen LogP contribution in [0.4, 0.5) is 11.8 Å². The van der Waals surface area contributed by atoms with Crippen LogP contribution in [0.25, 0.3) is 22.3 Å². The van der Waals surface area contributed by atoms with Crippen LogP contribution in [0.3, 0.4) is 0 Å². The number of fused-ring (bicyclic) bond motifs is 2. The SMILES string of the molecule is CC1CCC(Cn2c(N3CCO[C@H]4CCC[C@@H]43)nc3cc(Cl)nc(-c4cc(Cl)cnc4N(C)C)c32)CC1. The van der Waals surface area contributed by atoms with Gasteiger partial charge in [-0.2, -0.15) is 0 Å². The normalized spacial score (nSPS) is 26.0. The van der Waals surface area contributed by atoms with Crippen molar-refractivity contribution in [3.63, 3.8) is 0 Å². The Balaban J connectivity index is 1.55. The molecule has 0 bridgehead atoms. The molecule has 1 aliphatic heterocycles. The van der Waals surface area contributed by atoms with Gasteiger partial charge in [-0.3, -0.25) is 0 Å². The monoisotopic (exact) mass is 542 g/mol.